The molecule has 2 N–H and O–H groups in total. The van der Waals surface area contributed by atoms with Crippen LogP contribution >= 0.6 is 0 Å². The van der Waals surface area contributed by atoms with Crippen molar-refractivity contribution in [2.24, 2.45) is 0 Å². The third kappa shape index (κ3) is 3.71. The van der Waals surface area contributed by atoms with Crippen LogP contribution in [0.1, 0.15) is 33.6 Å². The number of rotatable bonds is 6. The minimum Gasteiger partial charge on any atom is -0.387 e. The quantitative estimate of drug-likeness (QED) is 0.835. The van der Waals surface area contributed by atoms with Crippen LogP contribution in [0, 0.1) is 0 Å². The molecule has 0 spiro atoms. The smallest absolute Gasteiger partial charge is 0.243 e. The standard InChI is InChI=1S/C13H22N2O2S/c1-5-10-13(2,3)15-18(16,17)12-9-7-6-8-11(12)14-4/h6-9,14-15H,5,10H2,1-4H3. The summed E-state index contributed by atoms with van der Waals surface area (Å²) in [5, 5.41) is 2.90. The van der Waals surface area contributed by atoms with Crippen molar-refractivity contribution in [2.45, 2.75) is 44.0 Å². The first-order chi connectivity index (χ1) is 8.32. The molecule has 0 aliphatic carbocycles. The Morgan fingerprint density at radius 1 is 1.22 bits per heavy atom. The van der Waals surface area contributed by atoms with Crippen LogP contribution in [0.3, 0.4) is 0 Å². The molecule has 0 amide bonds. The van der Waals surface area contributed by atoms with Gasteiger partial charge in [-0.25, -0.2) is 13.1 Å². The van der Waals surface area contributed by atoms with E-state index < -0.39 is 15.6 Å². The van der Waals surface area contributed by atoms with Crippen LogP contribution in [-0.4, -0.2) is 21.0 Å². The average Bonchev–Trinajstić information content (AvgIpc) is 2.27. The number of hydrogen-bond donors (Lipinski definition) is 2. The molecule has 0 heterocycles. The van der Waals surface area contributed by atoms with Gasteiger partial charge in [0.2, 0.25) is 10.0 Å². The first kappa shape index (κ1) is 15.0. The fourth-order valence-corrected chi connectivity index (χ4v) is 3.66. The Labute approximate surface area is 110 Å². The van der Waals surface area contributed by atoms with E-state index in [2.05, 4.69) is 10.0 Å². The summed E-state index contributed by atoms with van der Waals surface area (Å²) in [5.74, 6) is 0. The monoisotopic (exact) mass is 270 g/mol. The molecule has 1 aromatic rings. The van der Waals surface area contributed by atoms with Gasteiger partial charge in [0.25, 0.3) is 0 Å². The summed E-state index contributed by atoms with van der Waals surface area (Å²) in [7, 11) is -1.78. The van der Waals surface area contributed by atoms with E-state index in [9.17, 15) is 8.42 Å². The Hall–Kier alpha value is -1.07. The van der Waals surface area contributed by atoms with Crippen molar-refractivity contribution in [1.82, 2.24) is 4.72 Å². The Morgan fingerprint density at radius 3 is 2.39 bits per heavy atom. The maximum Gasteiger partial charge on any atom is 0.243 e. The van der Waals surface area contributed by atoms with Gasteiger partial charge in [-0.2, -0.15) is 0 Å². The normalized spacial score (nSPS) is 12.4. The van der Waals surface area contributed by atoms with Crippen molar-refractivity contribution in [1.29, 1.82) is 0 Å². The lowest BCUT2D eigenvalue weighted by molar-refractivity contribution is 0.418. The van der Waals surface area contributed by atoms with Crippen LogP contribution in [0.2, 0.25) is 0 Å². The summed E-state index contributed by atoms with van der Waals surface area (Å²) in [6.45, 7) is 5.84. The molecule has 0 saturated heterocycles. The van der Waals surface area contributed by atoms with Crippen molar-refractivity contribution in [3.8, 4) is 0 Å². The molecule has 5 heteroatoms. The van der Waals surface area contributed by atoms with E-state index in [1.165, 1.54) is 0 Å². The molecular formula is C13H22N2O2S. The number of benzene rings is 1. The van der Waals surface area contributed by atoms with Crippen LogP contribution in [0.5, 0.6) is 0 Å². The summed E-state index contributed by atoms with van der Waals surface area (Å²) in [6, 6.07) is 6.89. The molecule has 0 aromatic heterocycles. The Bertz CT molecular complexity index is 495. The van der Waals surface area contributed by atoms with Gasteiger partial charge in [0, 0.05) is 12.6 Å². The highest BCUT2D eigenvalue weighted by atomic mass is 32.2. The summed E-state index contributed by atoms with van der Waals surface area (Å²) in [5.41, 5.74) is 0.173. The maximum absolute atomic E-state index is 12.4. The van der Waals surface area contributed by atoms with Crippen molar-refractivity contribution < 1.29 is 8.42 Å². The minimum absolute atomic E-state index is 0.289. The molecule has 18 heavy (non-hydrogen) atoms. The van der Waals surface area contributed by atoms with E-state index in [-0.39, 0.29) is 4.90 Å². The Morgan fingerprint density at radius 2 is 1.83 bits per heavy atom. The Kier molecular flexibility index (Phi) is 4.76. The third-order valence-corrected chi connectivity index (χ3v) is 4.49. The second-order valence-corrected chi connectivity index (χ2v) is 6.64. The van der Waals surface area contributed by atoms with Gasteiger partial charge in [0.05, 0.1) is 5.69 Å². The molecule has 1 rings (SSSR count). The van der Waals surface area contributed by atoms with Gasteiger partial charge in [-0.3, -0.25) is 0 Å². The molecule has 0 radical (unpaired) electrons. The van der Waals surface area contributed by atoms with Crippen LogP contribution in [0.15, 0.2) is 29.2 Å². The lowest BCUT2D eigenvalue weighted by atomic mass is 10.0. The van der Waals surface area contributed by atoms with Gasteiger partial charge in [0.1, 0.15) is 4.90 Å². The summed E-state index contributed by atoms with van der Waals surface area (Å²) in [6.07, 6.45) is 1.73. The van der Waals surface area contributed by atoms with E-state index in [4.69, 9.17) is 0 Å². The maximum atomic E-state index is 12.4. The van der Waals surface area contributed by atoms with E-state index >= 15 is 0 Å². The van der Waals surface area contributed by atoms with Crippen molar-refractivity contribution in [3.05, 3.63) is 24.3 Å². The zero-order valence-electron chi connectivity index (χ0n) is 11.4. The lowest BCUT2D eigenvalue weighted by Crippen LogP contribution is -2.43. The molecule has 1 aromatic carbocycles. The van der Waals surface area contributed by atoms with Crippen molar-refractivity contribution in [3.63, 3.8) is 0 Å². The highest BCUT2D eigenvalue weighted by Gasteiger charge is 2.26. The second-order valence-electron chi connectivity index (χ2n) is 4.99. The zero-order chi connectivity index (χ0) is 13.8. The van der Waals surface area contributed by atoms with E-state index in [1.54, 1.807) is 25.2 Å². The van der Waals surface area contributed by atoms with Gasteiger partial charge in [0.15, 0.2) is 0 Å². The third-order valence-electron chi connectivity index (χ3n) is 2.73. The van der Waals surface area contributed by atoms with Gasteiger partial charge >= 0.3 is 0 Å². The first-order valence-electron chi connectivity index (χ1n) is 6.13. The summed E-state index contributed by atoms with van der Waals surface area (Å²) < 4.78 is 27.5. The summed E-state index contributed by atoms with van der Waals surface area (Å²) in [4.78, 5) is 0.289. The van der Waals surface area contributed by atoms with E-state index in [0.29, 0.717) is 5.69 Å². The molecule has 0 saturated carbocycles. The average molecular weight is 270 g/mol. The van der Waals surface area contributed by atoms with E-state index in [0.717, 1.165) is 12.8 Å². The highest BCUT2D eigenvalue weighted by molar-refractivity contribution is 7.89. The number of anilines is 1. The number of para-hydroxylation sites is 1. The number of hydrogen-bond acceptors (Lipinski definition) is 3. The molecule has 0 unspecified atom stereocenters. The summed E-state index contributed by atoms with van der Waals surface area (Å²) >= 11 is 0. The van der Waals surface area contributed by atoms with Crippen LogP contribution in [-0.2, 0) is 10.0 Å². The largest absolute Gasteiger partial charge is 0.387 e. The molecule has 0 fully saturated rings. The lowest BCUT2D eigenvalue weighted by Gasteiger charge is -2.26. The van der Waals surface area contributed by atoms with Gasteiger partial charge in [-0.05, 0) is 32.4 Å². The van der Waals surface area contributed by atoms with Gasteiger partial charge in [-0.1, -0.05) is 25.5 Å². The van der Waals surface area contributed by atoms with Gasteiger partial charge in [-0.15, -0.1) is 0 Å². The SMILES string of the molecule is CCCC(C)(C)NS(=O)(=O)c1ccccc1NC. The highest BCUT2D eigenvalue weighted by Crippen LogP contribution is 2.23. The predicted octanol–water partition coefficient (Wildman–Crippen LogP) is 2.59. The molecular weight excluding hydrogens is 248 g/mol. The van der Waals surface area contributed by atoms with Crippen LogP contribution in [0.25, 0.3) is 0 Å². The van der Waals surface area contributed by atoms with Crippen LogP contribution in [0.4, 0.5) is 5.69 Å². The van der Waals surface area contributed by atoms with E-state index in [1.807, 2.05) is 26.8 Å². The fourth-order valence-electron chi connectivity index (χ4n) is 2.00. The topological polar surface area (TPSA) is 58.2 Å². The first-order valence-corrected chi connectivity index (χ1v) is 7.61. The molecule has 0 aliphatic heterocycles. The fraction of sp³-hybridized carbons (Fsp3) is 0.538. The van der Waals surface area contributed by atoms with Crippen molar-refractivity contribution in [2.75, 3.05) is 12.4 Å². The molecule has 0 aliphatic rings. The number of sulfonamides is 1. The van der Waals surface area contributed by atoms with Gasteiger partial charge < -0.3 is 5.32 Å². The molecule has 0 bridgehead atoms. The number of nitrogens with one attached hydrogen (secondary N) is 2. The minimum atomic E-state index is -3.50. The molecule has 102 valence electrons. The molecule has 0 atom stereocenters. The Balaban J connectivity index is 3.07. The van der Waals surface area contributed by atoms with Crippen molar-refractivity contribution >= 4 is 15.7 Å². The second kappa shape index (κ2) is 5.71. The van der Waals surface area contributed by atoms with Crippen LogP contribution < -0.4 is 10.0 Å². The predicted molar refractivity (Wildman–Crippen MR) is 75.3 cm³/mol. The zero-order valence-corrected chi connectivity index (χ0v) is 12.3. The molecule has 4 nitrogen and oxygen atoms in total.